The lowest BCUT2D eigenvalue weighted by molar-refractivity contribution is -0.149. The fourth-order valence-corrected chi connectivity index (χ4v) is 2.55. The van der Waals surface area contributed by atoms with Crippen molar-refractivity contribution in [3.05, 3.63) is 16.6 Å². The maximum absolute atomic E-state index is 11.7. The van der Waals surface area contributed by atoms with Gasteiger partial charge >= 0.3 is 5.97 Å². The summed E-state index contributed by atoms with van der Waals surface area (Å²) in [7, 11) is 0. The fourth-order valence-electron chi connectivity index (χ4n) is 1.97. The highest BCUT2D eigenvalue weighted by molar-refractivity contribution is 7.11. The number of nitrogens with zero attached hydrogens (tertiary/aromatic N) is 2. The second-order valence-electron chi connectivity index (χ2n) is 4.26. The van der Waals surface area contributed by atoms with Gasteiger partial charge in [-0.25, -0.2) is 9.78 Å². The zero-order valence-corrected chi connectivity index (χ0v) is 10.7. The summed E-state index contributed by atoms with van der Waals surface area (Å²) in [6, 6.07) is 0. The summed E-state index contributed by atoms with van der Waals surface area (Å²) in [5.74, 6) is -0.155. The highest BCUT2D eigenvalue weighted by Gasteiger charge is 2.22. The third-order valence-corrected chi connectivity index (χ3v) is 3.83. The average Bonchev–Trinajstić information content (AvgIpc) is 2.90. The van der Waals surface area contributed by atoms with Crippen molar-refractivity contribution in [3.8, 4) is 0 Å². The molecule has 1 heterocycles. The molecule has 1 aromatic rings. The molecule has 92 valence electrons. The Morgan fingerprint density at radius 2 is 2.24 bits per heavy atom. The first-order chi connectivity index (χ1) is 8.27. The topological polar surface area (TPSA) is 51.5 Å². The molecular weight excluding hydrogens is 236 g/mol. The smallest absolute Gasteiger partial charge is 0.318 e. The number of hydrogen-bond donors (Lipinski definition) is 0. The molecule has 4 nitrogen and oxygen atoms in total. The Morgan fingerprint density at radius 3 is 2.88 bits per heavy atom. The molecule has 0 unspecified atom stereocenters. The largest absolute Gasteiger partial charge is 0.338 e. The highest BCUT2D eigenvalue weighted by Crippen LogP contribution is 2.24. The molecular formula is C12H16N2O2S. The standard InChI is InChI=1S/C12H16N2O2S/c1-9(11-13-7-8-17-11)14-16-12(15)10-5-3-2-4-6-10/h7-8,10H,2-6H2,1H3. The maximum Gasteiger partial charge on any atom is 0.338 e. The number of aromatic nitrogens is 1. The molecule has 0 bridgehead atoms. The van der Waals surface area contributed by atoms with Crippen molar-refractivity contribution in [2.75, 3.05) is 0 Å². The molecule has 0 amide bonds. The van der Waals surface area contributed by atoms with Gasteiger partial charge in [-0.15, -0.1) is 11.3 Å². The minimum absolute atomic E-state index is 0.0385. The maximum atomic E-state index is 11.7. The lowest BCUT2D eigenvalue weighted by Crippen LogP contribution is -2.19. The molecule has 1 aromatic heterocycles. The molecule has 0 saturated heterocycles. The van der Waals surface area contributed by atoms with Crippen LogP contribution in [-0.2, 0) is 9.63 Å². The average molecular weight is 252 g/mol. The molecule has 1 aliphatic rings. The van der Waals surface area contributed by atoms with Crippen molar-refractivity contribution in [2.24, 2.45) is 11.1 Å². The Hall–Kier alpha value is -1.23. The second kappa shape index (κ2) is 5.91. The van der Waals surface area contributed by atoms with Crippen LogP contribution in [-0.4, -0.2) is 16.7 Å². The predicted octanol–water partition coefficient (Wildman–Crippen LogP) is 2.99. The van der Waals surface area contributed by atoms with Gasteiger partial charge in [-0.2, -0.15) is 0 Å². The first-order valence-corrected chi connectivity index (χ1v) is 6.80. The van der Waals surface area contributed by atoms with Gasteiger partial charge < -0.3 is 4.84 Å². The molecule has 0 spiro atoms. The van der Waals surface area contributed by atoms with E-state index in [4.69, 9.17) is 4.84 Å². The number of hydrogen-bond acceptors (Lipinski definition) is 5. The second-order valence-corrected chi connectivity index (χ2v) is 5.15. The molecule has 0 aromatic carbocycles. The Balaban J connectivity index is 1.88. The zero-order valence-electron chi connectivity index (χ0n) is 9.89. The Bertz CT molecular complexity index is 395. The quantitative estimate of drug-likeness (QED) is 0.472. The molecule has 2 rings (SSSR count). The first-order valence-electron chi connectivity index (χ1n) is 5.92. The lowest BCUT2D eigenvalue weighted by atomic mass is 9.89. The van der Waals surface area contributed by atoms with Crippen LogP contribution in [0.1, 0.15) is 44.0 Å². The third kappa shape index (κ3) is 3.36. The molecule has 1 aliphatic carbocycles. The monoisotopic (exact) mass is 252 g/mol. The minimum atomic E-state index is -0.194. The molecule has 1 saturated carbocycles. The fraction of sp³-hybridized carbons (Fsp3) is 0.583. The zero-order chi connectivity index (χ0) is 12.1. The SMILES string of the molecule is CC(=NOC(=O)C1CCCCC1)c1nccs1. The van der Waals surface area contributed by atoms with Crippen LogP contribution in [0.4, 0.5) is 0 Å². The van der Waals surface area contributed by atoms with Crippen molar-refractivity contribution in [2.45, 2.75) is 39.0 Å². The van der Waals surface area contributed by atoms with Crippen molar-refractivity contribution >= 4 is 23.0 Å². The van der Waals surface area contributed by atoms with Gasteiger partial charge in [-0.05, 0) is 19.8 Å². The van der Waals surface area contributed by atoms with Gasteiger partial charge in [0, 0.05) is 11.6 Å². The molecule has 0 N–H and O–H groups in total. The van der Waals surface area contributed by atoms with Gasteiger partial charge in [-0.3, -0.25) is 0 Å². The van der Waals surface area contributed by atoms with E-state index in [9.17, 15) is 4.79 Å². The van der Waals surface area contributed by atoms with E-state index in [1.54, 1.807) is 13.1 Å². The Morgan fingerprint density at radius 1 is 1.47 bits per heavy atom. The van der Waals surface area contributed by atoms with Crippen LogP contribution in [0.5, 0.6) is 0 Å². The van der Waals surface area contributed by atoms with Crippen LogP contribution >= 0.6 is 11.3 Å². The molecule has 5 heteroatoms. The van der Waals surface area contributed by atoms with Gasteiger partial charge in [0.25, 0.3) is 0 Å². The van der Waals surface area contributed by atoms with E-state index >= 15 is 0 Å². The normalized spacial score (nSPS) is 18.1. The van der Waals surface area contributed by atoms with Crippen LogP contribution in [0.3, 0.4) is 0 Å². The van der Waals surface area contributed by atoms with E-state index < -0.39 is 0 Å². The van der Waals surface area contributed by atoms with Crippen LogP contribution in [0.15, 0.2) is 16.7 Å². The molecule has 17 heavy (non-hydrogen) atoms. The molecule has 0 radical (unpaired) electrons. The van der Waals surface area contributed by atoms with E-state index in [1.165, 1.54) is 17.8 Å². The van der Waals surface area contributed by atoms with Crippen LogP contribution in [0.25, 0.3) is 0 Å². The third-order valence-electron chi connectivity index (χ3n) is 2.95. The summed E-state index contributed by atoms with van der Waals surface area (Å²) in [5.41, 5.74) is 0.657. The number of carbonyl (C=O) groups excluding carboxylic acids is 1. The van der Waals surface area contributed by atoms with Crippen molar-refractivity contribution in [3.63, 3.8) is 0 Å². The van der Waals surface area contributed by atoms with Gasteiger partial charge in [0.1, 0.15) is 10.7 Å². The van der Waals surface area contributed by atoms with Crippen LogP contribution in [0.2, 0.25) is 0 Å². The van der Waals surface area contributed by atoms with Crippen molar-refractivity contribution in [1.82, 2.24) is 4.98 Å². The summed E-state index contributed by atoms with van der Waals surface area (Å²) in [6.07, 6.45) is 7.05. The highest BCUT2D eigenvalue weighted by atomic mass is 32.1. The van der Waals surface area contributed by atoms with Crippen LogP contribution < -0.4 is 0 Å². The summed E-state index contributed by atoms with van der Waals surface area (Å²) in [6.45, 7) is 1.80. The van der Waals surface area contributed by atoms with E-state index in [2.05, 4.69) is 10.1 Å². The molecule has 1 fully saturated rings. The van der Waals surface area contributed by atoms with E-state index in [1.807, 2.05) is 5.38 Å². The minimum Gasteiger partial charge on any atom is -0.318 e. The number of carbonyl (C=O) groups is 1. The number of oxime groups is 1. The van der Waals surface area contributed by atoms with Gasteiger partial charge in [0.2, 0.25) is 0 Å². The van der Waals surface area contributed by atoms with Crippen molar-refractivity contribution < 1.29 is 9.63 Å². The van der Waals surface area contributed by atoms with Crippen molar-refractivity contribution in [1.29, 1.82) is 0 Å². The number of thiazole rings is 1. The Labute approximate surface area is 105 Å². The summed E-state index contributed by atoms with van der Waals surface area (Å²) in [4.78, 5) is 20.8. The first kappa shape index (κ1) is 12.2. The predicted molar refractivity (Wildman–Crippen MR) is 67.0 cm³/mol. The summed E-state index contributed by atoms with van der Waals surface area (Å²) in [5, 5.41) is 6.52. The molecule has 0 aliphatic heterocycles. The van der Waals surface area contributed by atoms with E-state index in [0.717, 1.165) is 30.7 Å². The van der Waals surface area contributed by atoms with E-state index in [-0.39, 0.29) is 11.9 Å². The molecule has 0 atom stereocenters. The van der Waals surface area contributed by atoms with Gasteiger partial charge in [0.05, 0.1) is 5.92 Å². The summed E-state index contributed by atoms with van der Waals surface area (Å²) < 4.78 is 0. The van der Waals surface area contributed by atoms with Crippen LogP contribution in [0, 0.1) is 5.92 Å². The number of rotatable bonds is 3. The van der Waals surface area contributed by atoms with Gasteiger partial charge in [0.15, 0.2) is 0 Å². The Kier molecular flexibility index (Phi) is 4.25. The lowest BCUT2D eigenvalue weighted by Gasteiger charge is -2.17. The van der Waals surface area contributed by atoms with E-state index in [0.29, 0.717) is 5.71 Å². The van der Waals surface area contributed by atoms with Gasteiger partial charge in [-0.1, -0.05) is 24.4 Å². The summed E-state index contributed by atoms with van der Waals surface area (Å²) >= 11 is 1.49.